The molecule has 0 atom stereocenters. The molecule has 13 heavy (non-hydrogen) atoms. The Kier molecular flexibility index (Phi) is 2.77. The Morgan fingerprint density at radius 1 is 1.46 bits per heavy atom. The van der Waals surface area contributed by atoms with Gasteiger partial charge in [-0.2, -0.15) is 0 Å². The molecule has 0 radical (unpaired) electrons. The van der Waals surface area contributed by atoms with Gasteiger partial charge in [0.05, 0.1) is 6.26 Å². The van der Waals surface area contributed by atoms with E-state index >= 15 is 0 Å². The van der Waals surface area contributed by atoms with Crippen molar-refractivity contribution in [3.8, 4) is 0 Å². The fourth-order valence-electron chi connectivity index (χ4n) is 0.743. The number of rotatable bonds is 2. The highest BCUT2D eigenvalue weighted by molar-refractivity contribution is 7.92. The highest BCUT2D eigenvalue weighted by atomic mass is 35.5. The van der Waals surface area contributed by atoms with Crippen molar-refractivity contribution in [3.63, 3.8) is 0 Å². The molecule has 0 saturated carbocycles. The van der Waals surface area contributed by atoms with E-state index in [0.717, 1.165) is 10.6 Å². The summed E-state index contributed by atoms with van der Waals surface area (Å²) in [6.07, 6.45) is 1.11. The maximum atomic E-state index is 11.1. The first-order valence-corrected chi connectivity index (χ1v) is 5.70. The lowest BCUT2D eigenvalue weighted by molar-refractivity contribution is 0.600. The Hall–Kier alpha value is -0.810. The third-order valence-electron chi connectivity index (χ3n) is 1.52. The molecule has 0 saturated heterocycles. The highest BCUT2D eigenvalue weighted by Gasteiger charge is 2.12. The van der Waals surface area contributed by atoms with E-state index in [2.05, 4.69) is 4.98 Å². The minimum atomic E-state index is -3.26. The minimum absolute atomic E-state index is 0.271. The molecule has 0 spiro atoms. The molecule has 1 heterocycles. The minimum Gasteiger partial charge on any atom is -0.257 e. The van der Waals surface area contributed by atoms with E-state index in [9.17, 15) is 8.42 Å². The van der Waals surface area contributed by atoms with E-state index in [-0.39, 0.29) is 5.15 Å². The van der Waals surface area contributed by atoms with E-state index < -0.39 is 10.0 Å². The number of hydrogen-bond donors (Lipinski definition) is 0. The van der Waals surface area contributed by atoms with Crippen LogP contribution >= 0.6 is 11.6 Å². The van der Waals surface area contributed by atoms with Crippen molar-refractivity contribution in [2.45, 2.75) is 0 Å². The topological polar surface area (TPSA) is 50.3 Å². The van der Waals surface area contributed by atoms with Crippen molar-refractivity contribution in [1.82, 2.24) is 4.98 Å². The van der Waals surface area contributed by atoms with E-state index in [1.54, 1.807) is 18.2 Å². The van der Waals surface area contributed by atoms with Crippen molar-refractivity contribution in [2.24, 2.45) is 0 Å². The molecular formula is C7H9ClN2O2S. The first-order valence-electron chi connectivity index (χ1n) is 3.48. The van der Waals surface area contributed by atoms with Gasteiger partial charge in [-0.1, -0.05) is 17.7 Å². The van der Waals surface area contributed by atoms with Gasteiger partial charge in [0.1, 0.15) is 11.0 Å². The average Bonchev–Trinajstić information content (AvgIpc) is 2.01. The zero-order chi connectivity index (χ0) is 10.1. The van der Waals surface area contributed by atoms with Gasteiger partial charge in [0.25, 0.3) is 0 Å². The number of pyridine rings is 1. The Morgan fingerprint density at radius 3 is 2.54 bits per heavy atom. The fourth-order valence-corrected chi connectivity index (χ4v) is 1.34. The summed E-state index contributed by atoms with van der Waals surface area (Å²) < 4.78 is 23.2. The van der Waals surface area contributed by atoms with Gasteiger partial charge in [0, 0.05) is 7.05 Å². The van der Waals surface area contributed by atoms with Gasteiger partial charge in [-0.15, -0.1) is 0 Å². The number of sulfonamides is 1. The first-order chi connectivity index (χ1) is 5.91. The normalized spacial score (nSPS) is 11.3. The van der Waals surface area contributed by atoms with Crippen LogP contribution in [0.4, 0.5) is 5.82 Å². The maximum absolute atomic E-state index is 11.1. The second kappa shape index (κ2) is 3.51. The van der Waals surface area contributed by atoms with Crippen LogP contribution in [0.5, 0.6) is 0 Å². The first kappa shape index (κ1) is 10.3. The monoisotopic (exact) mass is 220 g/mol. The molecule has 6 heteroatoms. The summed E-state index contributed by atoms with van der Waals surface area (Å²) in [5.41, 5.74) is 0. The zero-order valence-corrected chi connectivity index (χ0v) is 8.80. The van der Waals surface area contributed by atoms with Crippen LogP contribution in [0.15, 0.2) is 18.2 Å². The van der Waals surface area contributed by atoms with Crippen molar-refractivity contribution in [1.29, 1.82) is 0 Å². The van der Waals surface area contributed by atoms with Crippen LogP contribution in [-0.2, 0) is 10.0 Å². The molecule has 0 amide bonds. The highest BCUT2D eigenvalue weighted by Crippen LogP contribution is 2.14. The second-order valence-electron chi connectivity index (χ2n) is 2.55. The van der Waals surface area contributed by atoms with Gasteiger partial charge in [0.2, 0.25) is 10.0 Å². The van der Waals surface area contributed by atoms with Gasteiger partial charge in [-0.05, 0) is 12.1 Å². The molecule has 1 rings (SSSR count). The molecule has 0 aliphatic heterocycles. The van der Waals surface area contributed by atoms with Crippen molar-refractivity contribution in [3.05, 3.63) is 23.4 Å². The van der Waals surface area contributed by atoms with E-state index in [4.69, 9.17) is 11.6 Å². The third kappa shape index (κ3) is 2.57. The molecule has 0 unspecified atom stereocenters. The largest absolute Gasteiger partial charge is 0.257 e. The molecule has 1 aromatic heterocycles. The molecule has 0 fully saturated rings. The third-order valence-corrected chi connectivity index (χ3v) is 2.91. The van der Waals surface area contributed by atoms with Gasteiger partial charge < -0.3 is 0 Å². The average molecular weight is 221 g/mol. The van der Waals surface area contributed by atoms with Crippen LogP contribution in [0, 0.1) is 0 Å². The summed E-state index contributed by atoms with van der Waals surface area (Å²) in [6.45, 7) is 0. The number of hydrogen-bond acceptors (Lipinski definition) is 3. The Bertz CT molecular complexity index is 405. The molecule has 0 aromatic carbocycles. The zero-order valence-electron chi connectivity index (χ0n) is 7.23. The van der Waals surface area contributed by atoms with Crippen molar-refractivity contribution in [2.75, 3.05) is 17.6 Å². The van der Waals surface area contributed by atoms with Crippen LogP contribution < -0.4 is 4.31 Å². The number of halogens is 1. The molecule has 0 N–H and O–H groups in total. The SMILES string of the molecule is CN(c1cccc(Cl)n1)S(C)(=O)=O. The van der Waals surface area contributed by atoms with E-state index in [1.807, 2.05) is 0 Å². The quantitative estimate of drug-likeness (QED) is 0.703. The summed E-state index contributed by atoms with van der Waals surface area (Å²) in [7, 11) is -1.84. The van der Waals surface area contributed by atoms with Crippen LogP contribution in [-0.4, -0.2) is 26.7 Å². The fraction of sp³-hybridized carbons (Fsp3) is 0.286. The molecule has 0 bridgehead atoms. The van der Waals surface area contributed by atoms with Crippen LogP contribution in [0.1, 0.15) is 0 Å². The summed E-state index contributed by atoms with van der Waals surface area (Å²) in [5.74, 6) is 0.315. The maximum Gasteiger partial charge on any atom is 0.233 e. The van der Waals surface area contributed by atoms with E-state index in [0.29, 0.717) is 5.82 Å². The Morgan fingerprint density at radius 2 is 2.08 bits per heavy atom. The van der Waals surface area contributed by atoms with Crippen molar-refractivity contribution >= 4 is 27.4 Å². The van der Waals surface area contributed by atoms with Gasteiger partial charge >= 0.3 is 0 Å². The number of nitrogens with zero attached hydrogens (tertiary/aromatic N) is 2. The molecule has 0 aliphatic rings. The number of anilines is 1. The van der Waals surface area contributed by atoms with Gasteiger partial charge in [-0.25, -0.2) is 13.4 Å². The second-order valence-corrected chi connectivity index (χ2v) is 4.95. The summed E-state index contributed by atoms with van der Waals surface area (Å²) in [4.78, 5) is 3.85. The lowest BCUT2D eigenvalue weighted by Gasteiger charge is -2.14. The standard InChI is InChI=1S/C7H9ClN2O2S/c1-10(13(2,11)12)7-5-3-4-6(8)9-7/h3-5H,1-2H3. The molecule has 72 valence electrons. The molecular weight excluding hydrogens is 212 g/mol. The molecule has 4 nitrogen and oxygen atoms in total. The van der Waals surface area contributed by atoms with Crippen LogP contribution in [0.25, 0.3) is 0 Å². The lowest BCUT2D eigenvalue weighted by atomic mass is 10.5. The molecule has 0 aliphatic carbocycles. The van der Waals surface area contributed by atoms with E-state index in [1.165, 1.54) is 7.05 Å². The van der Waals surface area contributed by atoms with Crippen LogP contribution in [0.3, 0.4) is 0 Å². The van der Waals surface area contributed by atoms with Crippen molar-refractivity contribution < 1.29 is 8.42 Å². The predicted molar refractivity (Wildman–Crippen MR) is 52.5 cm³/mol. The molecule has 1 aromatic rings. The Labute approximate surface area is 82.2 Å². The smallest absolute Gasteiger partial charge is 0.233 e. The van der Waals surface area contributed by atoms with Gasteiger partial charge in [-0.3, -0.25) is 4.31 Å². The summed E-state index contributed by atoms with van der Waals surface area (Å²) in [5, 5.41) is 0.271. The summed E-state index contributed by atoms with van der Waals surface area (Å²) >= 11 is 5.61. The summed E-state index contributed by atoms with van der Waals surface area (Å²) in [6, 6.07) is 4.81. The Balaban J connectivity index is 3.10. The lowest BCUT2D eigenvalue weighted by Crippen LogP contribution is -2.25. The van der Waals surface area contributed by atoms with Gasteiger partial charge in [0.15, 0.2) is 0 Å². The number of aromatic nitrogens is 1. The van der Waals surface area contributed by atoms with Crippen LogP contribution in [0.2, 0.25) is 5.15 Å². The predicted octanol–water partition coefficient (Wildman–Crippen LogP) is 1.13.